The zero-order chi connectivity index (χ0) is 43.6. The average Bonchev–Trinajstić information content (AvgIpc) is 3.94. The fourth-order valence-corrected chi connectivity index (χ4v) is 12.1. The minimum absolute atomic E-state index is 0.0229. The van der Waals surface area contributed by atoms with E-state index in [1.54, 1.807) is 35.0 Å². The number of methoxy groups -OCH3 is 4. The van der Waals surface area contributed by atoms with Crippen LogP contribution in [0.1, 0.15) is 101 Å². The van der Waals surface area contributed by atoms with Crippen LogP contribution >= 0.6 is 0 Å². The standard InChI is InChI=1S/C43H74O16/c1-14-53-33-21(2)34(58-41(9,47)23(33)4)29-16-15-27(54-29)28-17-18-31(55-28)40(8)37(51-12)25(6)43(59-40)22(3)30(49-10)19-26(56-43)20-32-39(7,52-13)36(50-11)24(5)42(48,57-32)35(44)38(45)46/h21-37,44,47-48H,14-20H2,1-13H3,(H,45,46). The Kier molecular flexibility index (Phi) is 14.0. The number of rotatable bonds is 13. The van der Waals surface area contributed by atoms with Gasteiger partial charge in [-0.3, -0.25) is 0 Å². The molecule has 0 aromatic carbocycles. The van der Waals surface area contributed by atoms with Gasteiger partial charge in [0.25, 0.3) is 0 Å². The third kappa shape index (κ3) is 7.84. The molecule has 22 atom stereocenters. The van der Waals surface area contributed by atoms with E-state index in [0.717, 1.165) is 19.3 Å². The lowest BCUT2D eigenvalue weighted by Gasteiger charge is -2.56. The van der Waals surface area contributed by atoms with Crippen LogP contribution in [0, 0.1) is 29.6 Å². The minimum atomic E-state index is -2.49. The lowest BCUT2D eigenvalue weighted by atomic mass is 9.73. The molecule has 6 fully saturated rings. The number of carboxylic acid groups (broad SMARTS) is 1. The third-order valence-electron chi connectivity index (χ3n) is 15.7. The van der Waals surface area contributed by atoms with Gasteiger partial charge in [0, 0.05) is 77.5 Å². The van der Waals surface area contributed by atoms with E-state index in [0.29, 0.717) is 19.4 Å². The normalized spacial score (nSPS) is 53.6. The first-order chi connectivity index (χ1) is 27.6. The average molecular weight is 847 g/mol. The first-order valence-corrected chi connectivity index (χ1v) is 21.8. The van der Waals surface area contributed by atoms with E-state index >= 15 is 0 Å². The molecule has 0 aliphatic carbocycles. The van der Waals surface area contributed by atoms with E-state index in [4.69, 9.17) is 52.1 Å². The Labute approximate surface area is 350 Å². The van der Waals surface area contributed by atoms with Crippen molar-refractivity contribution in [2.45, 2.75) is 203 Å². The Morgan fingerprint density at radius 2 is 1.41 bits per heavy atom. The minimum Gasteiger partial charge on any atom is -0.479 e. The van der Waals surface area contributed by atoms with Gasteiger partial charge in [-0.2, -0.15) is 0 Å². The molecule has 0 aromatic rings. The summed E-state index contributed by atoms with van der Waals surface area (Å²) in [5, 5.41) is 43.4. The van der Waals surface area contributed by atoms with Crippen LogP contribution in [0.4, 0.5) is 0 Å². The fraction of sp³-hybridized carbons (Fsp3) is 0.977. The van der Waals surface area contributed by atoms with E-state index in [1.807, 2.05) is 27.7 Å². The van der Waals surface area contributed by atoms with Crippen molar-refractivity contribution in [3.63, 3.8) is 0 Å². The molecule has 4 N–H and O–H groups in total. The van der Waals surface area contributed by atoms with Gasteiger partial charge in [-0.15, -0.1) is 0 Å². The number of carbonyl (C=O) groups is 1. The van der Waals surface area contributed by atoms with Crippen LogP contribution in [-0.2, 0) is 56.9 Å². The van der Waals surface area contributed by atoms with Gasteiger partial charge in [0.05, 0.1) is 67.1 Å². The van der Waals surface area contributed by atoms with E-state index in [9.17, 15) is 25.2 Å². The molecule has 0 bridgehead atoms. The topological polar surface area (TPSA) is 200 Å². The van der Waals surface area contributed by atoms with Crippen molar-refractivity contribution in [1.82, 2.24) is 0 Å². The van der Waals surface area contributed by atoms with Crippen molar-refractivity contribution in [2.24, 2.45) is 29.6 Å². The van der Waals surface area contributed by atoms with Crippen LogP contribution in [0.2, 0.25) is 0 Å². The first kappa shape index (κ1) is 47.4. The molecule has 6 heterocycles. The number of aliphatic carboxylic acids is 1. The van der Waals surface area contributed by atoms with Gasteiger partial charge in [-0.05, 0) is 53.4 Å². The molecule has 6 saturated heterocycles. The molecular weight excluding hydrogens is 772 g/mol. The van der Waals surface area contributed by atoms with E-state index in [1.165, 1.54) is 14.2 Å². The second-order valence-corrected chi connectivity index (χ2v) is 18.9. The number of aliphatic hydroxyl groups excluding tert-OH is 1. The lowest BCUT2D eigenvalue weighted by Crippen LogP contribution is -2.72. The SMILES string of the molecule is CCOC1C(C)C(C2CCC(C3CCC(C4(C)OC5(OC(CC6OC(O)(C(O)C(=O)O)C(C)C(OC)C6(C)OC)CC(OC)C5C)C(C)C4OC)O3)O2)OC(C)(O)C1C. The highest BCUT2D eigenvalue weighted by Gasteiger charge is 2.70. The van der Waals surface area contributed by atoms with Crippen LogP contribution in [0.3, 0.4) is 0 Å². The fourth-order valence-electron chi connectivity index (χ4n) is 12.1. The number of hydrogen-bond donors (Lipinski definition) is 4. The molecule has 22 unspecified atom stereocenters. The van der Waals surface area contributed by atoms with Crippen molar-refractivity contribution >= 4 is 5.97 Å². The maximum Gasteiger partial charge on any atom is 0.338 e. The summed E-state index contributed by atoms with van der Waals surface area (Å²) in [5.41, 5.74) is -2.12. The predicted molar refractivity (Wildman–Crippen MR) is 210 cm³/mol. The smallest absolute Gasteiger partial charge is 0.338 e. The van der Waals surface area contributed by atoms with Gasteiger partial charge in [-0.25, -0.2) is 4.79 Å². The molecule has 1 spiro atoms. The predicted octanol–water partition coefficient (Wildman–Crippen LogP) is 3.42. The summed E-state index contributed by atoms with van der Waals surface area (Å²) in [7, 11) is 6.29. The molecule has 0 aromatic heterocycles. The Morgan fingerprint density at radius 1 is 0.780 bits per heavy atom. The summed E-state index contributed by atoms with van der Waals surface area (Å²) in [6, 6.07) is 0. The van der Waals surface area contributed by atoms with Crippen molar-refractivity contribution in [3.8, 4) is 0 Å². The maximum absolute atomic E-state index is 12.0. The van der Waals surface area contributed by atoms with E-state index in [2.05, 4.69) is 13.8 Å². The summed E-state index contributed by atoms with van der Waals surface area (Å²) in [6.45, 7) is 17.8. The van der Waals surface area contributed by atoms with Crippen molar-refractivity contribution in [2.75, 3.05) is 35.0 Å². The number of ether oxygens (including phenoxy) is 11. The largest absolute Gasteiger partial charge is 0.479 e. The van der Waals surface area contributed by atoms with Gasteiger partial charge >= 0.3 is 5.97 Å². The van der Waals surface area contributed by atoms with Crippen LogP contribution in [0.15, 0.2) is 0 Å². The summed E-state index contributed by atoms with van der Waals surface area (Å²) >= 11 is 0. The number of aliphatic hydroxyl groups is 3. The van der Waals surface area contributed by atoms with Crippen molar-refractivity contribution in [1.29, 1.82) is 0 Å². The first-order valence-electron chi connectivity index (χ1n) is 21.8. The second kappa shape index (κ2) is 17.5. The Balaban J connectivity index is 1.20. The van der Waals surface area contributed by atoms with Gasteiger partial charge in [0.1, 0.15) is 11.2 Å². The highest BCUT2D eigenvalue weighted by Crippen LogP contribution is 2.57. The molecule has 16 heteroatoms. The monoisotopic (exact) mass is 846 g/mol. The molecule has 6 rings (SSSR count). The van der Waals surface area contributed by atoms with Gasteiger partial charge < -0.3 is 72.5 Å². The lowest BCUT2D eigenvalue weighted by molar-refractivity contribution is -0.389. The highest BCUT2D eigenvalue weighted by atomic mass is 16.7. The zero-order valence-corrected chi connectivity index (χ0v) is 37.5. The highest BCUT2D eigenvalue weighted by molar-refractivity contribution is 5.73. The van der Waals surface area contributed by atoms with Gasteiger partial charge in [0.2, 0.25) is 11.9 Å². The third-order valence-corrected chi connectivity index (χ3v) is 15.7. The van der Waals surface area contributed by atoms with Crippen LogP contribution < -0.4 is 0 Å². The molecule has 59 heavy (non-hydrogen) atoms. The molecule has 6 aliphatic rings. The van der Waals surface area contributed by atoms with Crippen LogP contribution in [0.5, 0.6) is 0 Å². The van der Waals surface area contributed by atoms with Crippen molar-refractivity contribution < 1.29 is 77.3 Å². The van der Waals surface area contributed by atoms with Crippen LogP contribution in [0.25, 0.3) is 0 Å². The van der Waals surface area contributed by atoms with E-state index in [-0.39, 0.29) is 72.8 Å². The molecule has 0 amide bonds. The van der Waals surface area contributed by atoms with Crippen molar-refractivity contribution in [3.05, 3.63) is 0 Å². The molecule has 16 nitrogen and oxygen atoms in total. The molecular formula is C43H74O16. The van der Waals surface area contributed by atoms with Crippen LogP contribution in [-0.4, -0.2) is 163 Å². The summed E-state index contributed by atoms with van der Waals surface area (Å²) in [4.78, 5) is 12.0. The second-order valence-electron chi connectivity index (χ2n) is 18.9. The number of carboxylic acids is 1. The Bertz CT molecular complexity index is 1450. The molecule has 6 aliphatic heterocycles. The summed E-state index contributed by atoms with van der Waals surface area (Å²) < 4.78 is 71.0. The Hall–Kier alpha value is -1.09. The zero-order valence-electron chi connectivity index (χ0n) is 37.5. The quantitative estimate of drug-likeness (QED) is 0.210. The summed E-state index contributed by atoms with van der Waals surface area (Å²) in [6.07, 6.45) is -3.30. The molecule has 0 saturated carbocycles. The van der Waals surface area contributed by atoms with Gasteiger partial charge in [-0.1, -0.05) is 34.6 Å². The molecule has 0 radical (unpaired) electrons. The maximum atomic E-state index is 12.0. The summed E-state index contributed by atoms with van der Waals surface area (Å²) in [5.74, 6) is -8.39. The van der Waals surface area contributed by atoms with E-state index < -0.39 is 71.0 Å². The van der Waals surface area contributed by atoms with Gasteiger partial charge in [0.15, 0.2) is 11.6 Å². The number of hydrogen-bond acceptors (Lipinski definition) is 15. The Morgan fingerprint density at radius 3 is 2.00 bits per heavy atom. The molecule has 342 valence electrons.